The highest BCUT2D eigenvalue weighted by Gasteiger charge is 2.19. The van der Waals surface area contributed by atoms with Crippen molar-refractivity contribution in [1.82, 2.24) is 15.0 Å². The number of aromatic nitrogens is 3. The average molecular weight is 758 g/mol. The van der Waals surface area contributed by atoms with Crippen LogP contribution in [0.3, 0.4) is 0 Å². The highest BCUT2D eigenvalue weighted by Crippen LogP contribution is 2.46. The first-order chi connectivity index (χ1) is 28.7. The van der Waals surface area contributed by atoms with Crippen LogP contribution in [0.5, 0.6) is 0 Å². The van der Waals surface area contributed by atoms with Crippen LogP contribution < -0.4 is 0 Å². The van der Waals surface area contributed by atoms with Gasteiger partial charge in [-0.05, 0) is 47.5 Å². The van der Waals surface area contributed by atoms with E-state index in [1.165, 1.54) is 41.9 Å². The summed E-state index contributed by atoms with van der Waals surface area (Å²) < 4.78 is 8.80. The highest BCUT2D eigenvalue weighted by molar-refractivity contribution is 7.26. The predicted octanol–water partition coefficient (Wildman–Crippen LogP) is 14.8. The summed E-state index contributed by atoms with van der Waals surface area (Å²) in [6.45, 7) is 0. The second kappa shape index (κ2) is 13.1. The van der Waals surface area contributed by atoms with Crippen molar-refractivity contribution in [3.63, 3.8) is 0 Å². The van der Waals surface area contributed by atoms with Crippen molar-refractivity contribution in [2.75, 3.05) is 0 Å². The summed E-state index contributed by atoms with van der Waals surface area (Å²) in [7, 11) is 0. The lowest BCUT2D eigenvalue weighted by atomic mass is 9.95. The van der Waals surface area contributed by atoms with Crippen molar-refractivity contribution in [2.45, 2.75) is 0 Å². The van der Waals surface area contributed by atoms with Gasteiger partial charge in [0.05, 0.1) is 22.6 Å². The summed E-state index contributed by atoms with van der Waals surface area (Å²) in [5, 5.41) is 8.34. The van der Waals surface area contributed by atoms with Gasteiger partial charge in [-0.2, -0.15) is 0 Å². The van der Waals surface area contributed by atoms with Crippen molar-refractivity contribution in [3.05, 3.63) is 188 Å². The molecule has 5 heteroatoms. The topological polar surface area (TPSA) is 51.8 Å². The second-order valence-electron chi connectivity index (χ2n) is 14.7. The molecule has 4 nitrogen and oxygen atoms in total. The van der Waals surface area contributed by atoms with Gasteiger partial charge >= 0.3 is 0 Å². The number of hydrogen-bond acceptors (Lipinski definition) is 5. The van der Waals surface area contributed by atoms with Crippen molar-refractivity contribution in [3.8, 4) is 56.3 Å². The highest BCUT2D eigenvalue weighted by atomic mass is 32.1. The van der Waals surface area contributed by atoms with E-state index in [2.05, 4.69) is 152 Å². The third-order valence-electron chi connectivity index (χ3n) is 11.3. The largest absolute Gasteiger partial charge is 0.456 e. The van der Waals surface area contributed by atoms with E-state index in [0.29, 0.717) is 5.82 Å². The summed E-state index contributed by atoms with van der Waals surface area (Å²) >= 11 is 1.86. The predicted molar refractivity (Wildman–Crippen MR) is 242 cm³/mol. The van der Waals surface area contributed by atoms with Crippen LogP contribution in [0, 0.1) is 0 Å². The Morgan fingerprint density at radius 2 is 1.00 bits per heavy atom. The number of furan rings is 1. The van der Waals surface area contributed by atoms with Crippen LogP contribution in [0.25, 0.3) is 120 Å². The third-order valence-corrected chi connectivity index (χ3v) is 12.5. The molecule has 0 amide bonds. The van der Waals surface area contributed by atoms with Crippen LogP contribution in [-0.2, 0) is 0 Å². The molecule has 0 N–H and O–H groups in total. The third kappa shape index (κ3) is 5.25. The van der Waals surface area contributed by atoms with Crippen LogP contribution in [0.2, 0.25) is 0 Å². The van der Waals surface area contributed by atoms with Gasteiger partial charge in [0.2, 0.25) is 0 Å². The van der Waals surface area contributed by atoms with Gasteiger partial charge < -0.3 is 4.42 Å². The number of nitrogens with zero attached hydrogens (tertiary/aromatic N) is 3. The Bertz CT molecular complexity index is 3550. The zero-order chi connectivity index (χ0) is 38.2. The number of pyridine rings is 1. The van der Waals surface area contributed by atoms with E-state index in [9.17, 15) is 0 Å². The van der Waals surface area contributed by atoms with Gasteiger partial charge in [-0.3, -0.25) is 0 Å². The van der Waals surface area contributed by atoms with Crippen LogP contribution in [0.4, 0.5) is 0 Å². The maximum atomic E-state index is 6.26. The number of para-hydroxylation sites is 2. The Hall–Kier alpha value is -7.47. The number of fused-ring (bicyclic) bond motifs is 10. The SMILES string of the molecule is c1ccc(-c2cc(-c3ccc(-c4cccc5c4sc4ccc6c(-c7ccccc7)nc7ccccc7c6c45)cc3)nc(-c3ccc4c(c3)oc3ccccc34)n2)cc1. The van der Waals surface area contributed by atoms with Crippen molar-refractivity contribution in [2.24, 2.45) is 0 Å². The van der Waals surface area contributed by atoms with E-state index in [4.69, 9.17) is 19.4 Å². The first-order valence-corrected chi connectivity index (χ1v) is 20.2. The molecule has 0 bridgehead atoms. The number of benzene rings is 8. The number of hydrogen-bond donors (Lipinski definition) is 0. The van der Waals surface area contributed by atoms with Crippen molar-refractivity contribution in [1.29, 1.82) is 0 Å². The van der Waals surface area contributed by atoms with Gasteiger partial charge in [0, 0.05) is 69.4 Å². The summed E-state index contributed by atoms with van der Waals surface area (Å²) in [5.74, 6) is 0.656. The summed E-state index contributed by atoms with van der Waals surface area (Å²) in [4.78, 5) is 15.5. The molecule has 0 saturated carbocycles. The van der Waals surface area contributed by atoms with Gasteiger partial charge in [0.15, 0.2) is 5.82 Å². The molecule has 4 aromatic heterocycles. The Morgan fingerprint density at radius 1 is 0.379 bits per heavy atom. The van der Waals surface area contributed by atoms with E-state index < -0.39 is 0 Å². The molecular weight excluding hydrogens is 727 g/mol. The number of rotatable bonds is 5. The Balaban J connectivity index is 0.988. The van der Waals surface area contributed by atoms with Gasteiger partial charge in [-0.25, -0.2) is 15.0 Å². The zero-order valence-corrected chi connectivity index (χ0v) is 31.9. The first kappa shape index (κ1) is 32.7. The maximum Gasteiger partial charge on any atom is 0.160 e. The molecule has 0 aliphatic rings. The van der Waals surface area contributed by atoms with Gasteiger partial charge in [0.1, 0.15) is 11.2 Å². The van der Waals surface area contributed by atoms with E-state index in [1.54, 1.807) is 0 Å². The fourth-order valence-corrected chi connectivity index (χ4v) is 9.79. The normalized spacial score (nSPS) is 11.8. The van der Waals surface area contributed by atoms with Gasteiger partial charge in [-0.1, -0.05) is 152 Å². The average Bonchev–Trinajstić information content (AvgIpc) is 3.87. The molecule has 0 fully saturated rings. The molecule has 4 heterocycles. The quantitative estimate of drug-likeness (QED) is 0.164. The minimum atomic E-state index is 0.656. The molecule has 0 unspecified atom stereocenters. The van der Waals surface area contributed by atoms with Crippen LogP contribution in [0.15, 0.2) is 192 Å². The molecule has 12 rings (SSSR count). The van der Waals surface area contributed by atoms with Crippen LogP contribution >= 0.6 is 11.3 Å². The zero-order valence-electron chi connectivity index (χ0n) is 31.1. The molecule has 270 valence electrons. The summed E-state index contributed by atoms with van der Waals surface area (Å²) in [6, 6.07) is 66.0. The Morgan fingerprint density at radius 3 is 1.81 bits per heavy atom. The summed E-state index contributed by atoms with van der Waals surface area (Å²) in [5.41, 5.74) is 11.9. The van der Waals surface area contributed by atoms with E-state index in [-0.39, 0.29) is 0 Å². The van der Waals surface area contributed by atoms with E-state index in [0.717, 1.165) is 72.4 Å². The molecule has 58 heavy (non-hydrogen) atoms. The van der Waals surface area contributed by atoms with Gasteiger partial charge in [-0.15, -0.1) is 11.3 Å². The minimum absolute atomic E-state index is 0.656. The van der Waals surface area contributed by atoms with E-state index >= 15 is 0 Å². The molecular formula is C53H31N3OS. The van der Waals surface area contributed by atoms with Crippen LogP contribution in [0.1, 0.15) is 0 Å². The molecule has 0 atom stereocenters. The van der Waals surface area contributed by atoms with Crippen molar-refractivity contribution < 1.29 is 4.42 Å². The lowest BCUT2D eigenvalue weighted by Gasteiger charge is -2.12. The molecule has 12 aromatic rings. The Kier molecular flexibility index (Phi) is 7.37. The summed E-state index contributed by atoms with van der Waals surface area (Å²) in [6.07, 6.45) is 0. The molecule has 0 spiro atoms. The fourth-order valence-electron chi connectivity index (χ4n) is 8.54. The Labute approximate surface area is 337 Å². The standard InChI is InChI=1S/C53H31N3OS/c1-3-12-33(13-4-1)44-31-45(56-53(55-44)36-26-27-39-38-16-8-10-21-46(38)57-47(39)30-36)34-24-22-32(23-25-34)37-18-11-19-42-50-48(58-52(37)42)29-28-41-49(50)40-17-7-9-20-43(40)54-51(41)35-14-5-2-6-15-35/h1-31H. The first-order valence-electron chi connectivity index (χ1n) is 19.4. The van der Waals surface area contributed by atoms with Crippen molar-refractivity contribution >= 4 is 75.1 Å². The monoisotopic (exact) mass is 757 g/mol. The molecule has 0 aliphatic carbocycles. The smallest absolute Gasteiger partial charge is 0.160 e. The molecule has 0 saturated heterocycles. The lowest BCUT2D eigenvalue weighted by molar-refractivity contribution is 0.669. The molecule has 8 aromatic carbocycles. The molecule has 0 radical (unpaired) electrons. The molecule has 0 aliphatic heterocycles. The van der Waals surface area contributed by atoms with Gasteiger partial charge in [0.25, 0.3) is 0 Å². The van der Waals surface area contributed by atoms with Crippen LogP contribution in [-0.4, -0.2) is 15.0 Å². The minimum Gasteiger partial charge on any atom is -0.456 e. The lowest BCUT2D eigenvalue weighted by Crippen LogP contribution is -1.96. The number of thiophene rings is 1. The maximum absolute atomic E-state index is 6.26. The fraction of sp³-hybridized carbons (Fsp3) is 0. The second-order valence-corrected chi connectivity index (χ2v) is 15.8. The van der Waals surface area contributed by atoms with E-state index in [1.807, 2.05) is 47.7 Å².